The summed E-state index contributed by atoms with van der Waals surface area (Å²) >= 11 is 0. The van der Waals surface area contributed by atoms with E-state index in [1.165, 1.54) is 6.07 Å². The molecule has 0 bridgehead atoms. The van der Waals surface area contributed by atoms with Gasteiger partial charge in [0.1, 0.15) is 34.4 Å². The number of Topliss-reactive ketones (excluding diaryl/α,β-unsaturated/α-hetero) is 2. The van der Waals surface area contributed by atoms with Gasteiger partial charge in [0.15, 0.2) is 11.6 Å². The largest absolute Gasteiger partial charge is 0.511 e. The predicted molar refractivity (Wildman–Crippen MR) is 134 cm³/mol. The van der Waals surface area contributed by atoms with E-state index in [-0.39, 0.29) is 34.6 Å². The van der Waals surface area contributed by atoms with Crippen molar-refractivity contribution < 1.29 is 34.1 Å². The van der Waals surface area contributed by atoms with E-state index in [9.17, 15) is 29.7 Å². The number of nitrogens with two attached hydrogens (primary N) is 1. The van der Waals surface area contributed by atoms with Crippen LogP contribution in [-0.2, 0) is 27.3 Å². The minimum Gasteiger partial charge on any atom is -0.511 e. The van der Waals surface area contributed by atoms with Crippen molar-refractivity contribution in [2.24, 2.45) is 23.5 Å². The summed E-state index contributed by atoms with van der Waals surface area (Å²) in [5, 5.41) is 36.0. The van der Waals surface area contributed by atoms with Gasteiger partial charge in [-0.3, -0.25) is 14.4 Å². The van der Waals surface area contributed by atoms with Crippen LogP contribution in [0.1, 0.15) is 50.5 Å². The van der Waals surface area contributed by atoms with Crippen molar-refractivity contribution in [2.75, 3.05) is 0 Å². The number of hydrogen-bond acceptors (Lipinski definition) is 8. The second kappa shape index (κ2) is 8.62. The number of primary amides is 1. The molecule has 194 valence electrons. The van der Waals surface area contributed by atoms with Crippen molar-refractivity contribution in [1.29, 1.82) is 0 Å². The molecule has 9 nitrogen and oxygen atoms in total. The Hall–Kier alpha value is -3.85. The Morgan fingerprint density at radius 3 is 2.51 bits per heavy atom. The first-order valence-corrected chi connectivity index (χ1v) is 12.3. The van der Waals surface area contributed by atoms with Gasteiger partial charge in [0, 0.05) is 23.1 Å². The van der Waals surface area contributed by atoms with Crippen LogP contribution in [-0.4, -0.2) is 38.3 Å². The molecule has 9 heteroatoms. The molecule has 3 aliphatic carbocycles. The van der Waals surface area contributed by atoms with E-state index in [0.29, 0.717) is 36.3 Å². The quantitative estimate of drug-likeness (QED) is 0.394. The van der Waals surface area contributed by atoms with Crippen LogP contribution in [0.4, 0.5) is 0 Å². The van der Waals surface area contributed by atoms with Gasteiger partial charge in [-0.25, -0.2) is 0 Å². The van der Waals surface area contributed by atoms with Crippen molar-refractivity contribution >= 4 is 23.2 Å². The van der Waals surface area contributed by atoms with Crippen LogP contribution < -0.4 is 11.1 Å². The number of carbonyl (C=O) groups is 3. The Morgan fingerprint density at radius 2 is 1.84 bits per heavy atom. The molecule has 2 aromatic rings. The molecule has 1 aromatic heterocycles. The van der Waals surface area contributed by atoms with Gasteiger partial charge >= 0.3 is 0 Å². The molecular formula is C28H30N2O7. The van der Waals surface area contributed by atoms with Crippen molar-refractivity contribution in [3.8, 4) is 17.1 Å². The number of phenolic OH excluding ortho intramolecular Hbond substituents is 1. The zero-order chi connectivity index (χ0) is 26.8. The fourth-order valence-electron chi connectivity index (χ4n) is 5.84. The average molecular weight is 507 g/mol. The summed E-state index contributed by atoms with van der Waals surface area (Å²) in [4.78, 5) is 37.8. The highest BCUT2D eigenvalue weighted by molar-refractivity contribution is 6.21. The van der Waals surface area contributed by atoms with Gasteiger partial charge in [-0.05, 0) is 75.3 Å². The van der Waals surface area contributed by atoms with Gasteiger partial charge in [-0.15, -0.1) is 0 Å². The van der Waals surface area contributed by atoms with Crippen LogP contribution in [0.2, 0.25) is 0 Å². The second-order valence-corrected chi connectivity index (χ2v) is 11.1. The summed E-state index contributed by atoms with van der Waals surface area (Å²) < 4.78 is 6.08. The lowest BCUT2D eigenvalue weighted by Gasteiger charge is -2.41. The maximum absolute atomic E-state index is 13.5. The Kier molecular flexibility index (Phi) is 5.79. The SMILES string of the molecule is CC(C)(C)NCc1ccc(-c2ccc(O)c3c2CC2CC4CC(=O)C(C(N)=O)=C(O)C4C(=O)C2=C3O)o1. The van der Waals surface area contributed by atoms with Crippen LogP contribution in [0.5, 0.6) is 5.75 Å². The van der Waals surface area contributed by atoms with Crippen molar-refractivity contribution in [3.63, 3.8) is 0 Å². The molecule has 1 fully saturated rings. The van der Waals surface area contributed by atoms with Crippen LogP contribution in [0, 0.1) is 17.8 Å². The third-order valence-electron chi connectivity index (χ3n) is 7.49. The minimum atomic E-state index is -1.14. The molecule has 5 rings (SSSR count). The molecule has 3 unspecified atom stereocenters. The normalized spacial score (nSPS) is 23.6. The topological polar surface area (TPSA) is 163 Å². The zero-order valence-corrected chi connectivity index (χ0v) is 20.9. The first kappa shape index (κ1) is 24.8. The summed E-state index contributed by atoms with van der Waals surface area (Å²) in [6.45, 7) is 6.69. The second-order valence-electron chi connectivity index (χ2n) is 11.1. The molecule has 0 spiro atoms. The highest BCUT2D eigenvalue weighted by Gasteiger charge is 2.51. The van der Waals surface area contributed by atoms with Crippen molar-refractivity contribution in [3.05, 3.63) is 58.1 Å². The Labute approximate surface area is 213 Å². The van der Waals surface area contributed by atoms with E-state index in [2.05, 4.69) is 26.1 Å². The van der Waals surface area contributed by atoms with E-state index in [1.807, 2.05) is 12.1 Å². The van der Waals surface area contributed by atoms with E-state index in [4.69, 9.17) is 10.2 Å². The van der Waals surface area contributed by atoms with Gasteiger partial charge < -0.3 is 30.8 Å². The number of carbonyl (C=O) groups excluding carboxylic acids is 3. The molecule has 1 amide bonds. The van der Waals surface area contributed by atoms with Crippen LogP contribution in [0.3, 0.4) is 0 Å². The lowest BCUT2D eigenvalue weighted by atomic mass is 9.61. The number of rotatable bonds is 4. The number of aromatic hydroxyl groups is 1. The number of ketones is 2. The molecule has 1 aromatic carbocycles. The third-order valence-corrected chi connectivity index (χ3v) is 7.49. The lowest BCUT2D eigenvalue weighted by molar-refractivity contribution is -0.127. The van der Waals surface area contributed by atoms with E-state index in [1.54, 1.807) is 6.07 Å². The molecule has 0 saturated heterocycles. The molecule has 37 heavy (non-hydrogen) atoms. The smallest absolute Gasteiger partial charge is 0.255 e. The summed E-state index contributed by atoms with van der Waals surface area (Å²) in [5.41, 5.74) is 6.19. The maximum atomic E-state index is 13.5. The fraction of sp³-hybridized carbons (Fsp3) is 0.393. The molecule has 1 heterocycles. The van der Waals surface area contributed by atoms with Gasteiger partial charge in [0.2, 0.25) is 0 Å². The van der Waals surface area contributed by atoms with Crippen LogP contribution in [0.25, 0.3) is 17.1 Å². The van der Waals surface area contributed by atoms with E-state index in [0.717, 1.165) is 5.76 Å². The van der Waals surface area contributed by atoms with E-state index < -0.39 is 46.6 Å². The van der Waals surface area contributed by atoms with Crippen molar-refractivity contribution in [2.45, 2.75) is 52.1 Å². The Balaban J connectivity index is 1.56. The number of nitrogens with one attached hydrogen (secondary N) is 1. The monoisotopic (exact) mass is 506 g/mol. The Bertz CT molecular complexity index is 1410. The number of furan rings is 1. The molecule has 6 N–H and O–H groups in total. The summed E-state index contributed by atoms with van der Waals surface area (Å²) in [5.74, 6) is -4.21. The molecule has 1 saturated carbocycles. The van der Waals surface area contributed by atoms with Gasteiger partial charge in [-0.1, -0.05) is 0 Å². The van der Waals surface area contributed by atoms with Crippen LogP contribution >= 0.6 is 0 Å². The molecular weight excluding hydrogens is 476 g/mol. The number of allylic oxidation sites excluding steroid dienone is 2. The van der Waals surface area contributed by atoms with Crippen molar-refractivity contribution in [1.82, 2.24) is 5.32 Å². The number of aliphatic hydroxyl groups excluding tert-OH is 2. The summed E-state index contributed by atoms with van der Waals surface area (Å²) in [6.07, 6.45) is 0.571. The number of aliphatic hydroxyl groups is 2. The predicted octanol–water partition coefficient (Wildman–Crippen LogP) is 3.46. The fourth-order valence-corrected chi connectivity index (χ4v) is 5.84. The van der Waals surface area contributed by atoms with Gasteiger partial charge in [-0.2, -0.15) is 0 Å². The summed E-state index contributed by atoms with van der Waals surface area (Å²) in [7, 11) is 0. The molecule has 0 aliphatic heterocycles. The number of amides is 1. The van der Waals surface area contributed by atoms with Gasteiger partial charge in [0.25, 0.3) is 5.91 Å². The molecule has 3 atom stereocenters. The number of hydrogen-bond donors (Lipinski definition) is 5. The molecule has 3 aliphatic rings. The Morgan fingerprint density at radius 1 is 1.11 bits per heavy atom. The first-order valence-electron chi connectivity index (χ1n) is 12.3. The number of phenols is 1. The minimum absolute atomic E-state index is 0.0837. The van der Waals surface area contributed by atoms with Crippen LogP contribution in [0.15, 0.2) is 45.6 Å². The highest BCUT2D eigenvalue weighted by Crippen LogP contribution is 2.51. The summed E-state index contributed by atoms with van der Waals surface area (Å²) in [6, 6.07) is 6.86. The first-order chi connectivity index (χ1) is 17.4. The standard InChI is InChI=1S/C28H30N2O7/c1-28(2,3)30-11-14-4-7-19(37-14)15-5-6-17(31)22-16(15)9-12-8-13-10-18(32)23(27(29)36)26(35)21(13)24(33)20(12)25(22)34/h4-7,12-13,21,30-31,34-35H,8-11H2,1-3H3,(H2,29,36). The lowest BCUT2D eigenvalue weighted by Crippen LogP contribution is -2.44. The van der Waals surface area contributed by atoms with Gasteiger partial charge in [0.05, 0.1) is 18.0 Å². The average Bonchev–Trinajstić information content (AvgIpc) is 3.25. The van der Waals surface area contributed by atoms with E-state index >= 15 is 0 Å². The zero-order valence-electron chi connectivity index (χ0n) is 20.9. The highest BCUT2D eigenvalue weighted by atomic mass is 16.3. The third kappa shape index (κ3) is 4.13. The number of fused-ring (bicyclic) bond motifs is 3. The maximum Gasteiger partial charge on any atom is 0.255 e. The molecule has 0 radical (unpaired) electrons. The number of benzene rings is 1.